The second-order valence-electron chi connectivity index (χ2n) is 10.6. The van der Waals surface area contributed by atoms with E-state index in [0.29, 0.717) is 73.2 Å². The van der Waals surface area contributed by atoms with Gasteiger partial charge in [0.15, 0.2) is 0 Å². The Morgan fingerprint density at radius 1 is 0.683 bits per heavy atom. The first-order valence-electron chi connectivity index (χ1n) is 13.5. The molecule has 9 nitrogen and oxygen atoms in total. The lowest BCUT2D eigenvalue weighted by Gasteiger charge is -2.34. The van der Waals surface area contributed by atoms with Crippen molar-refractivity contribution in [1.82, 2.24) is 0 Å². The fraction of sp³-hybridized carbons (Fsp3) is 0.375. The monoisotopic (exact) mass is 562 g/mol. The van der Waals surface area contributed by atoms with Crippen molar-refractivity contribution < 1.29 is 43.7 Å². The molecule has 2 aliphatic rings. The van der Waals surface area contributed by atoms with Crippen LogP contribution in [0.15, 0.2) is 24.3 Å². The van der Waals surface area contributed by atoms with Gasteiger partial charge in [0.2, 0.25) is 0 Å². The summed E-state index contributed by atoms with van der Waals surface area (Å²) in [4.78, 5) is 0. The summed E-state index contributed by atoms with van der Waals surface area (Å²) in [5.74, 6) is 1.97. The summed E-state index contributed by atoms with van der Waals surface area (Å²) >= 11 is 0. The lowest BCUT2D eigenvalue weighted by atomic mass is 9.78. The van der Waals surface area contributed by atoms with Crippen LogP contribution >= 0.6 is 0 Å². The van der Waals surface area contributed by atoms with Gasteiger partial charge in [0.05, 0.1) is 64.6 Å². The summed E-state index contributed by atoms with van der Waals surface area (Å²) in [6.07, 6.45) is -1.20. The van der Waals surface area contributed by atoms with E-state index in [1.165, 1.54) is 7.11 Å². The smallest absolute Gasteiger partial charge is 0.134 e. The molecule has 0 aliphatic carbocycles. The van der Waals surface area contributed by atoms with E-state index in [0.717, 1.165) is 11.1 Å². The van der Waals surface area contributed by atoms with Crippen LogP contribution in [0, 0.1) is 0 Å². The van der Waals surface area contributed by atoms with Gasteiger partial charge in [-0.15, -0.1) is 0 Å². The number of benzene rings is 4. The number of rotatable bonds is 5. The topological polar surface area (TPSA) is 116 Å². The van der Waals surface area contributed by atoms with Crippen LogP contribution in [0.4, 0.5) is 0 Å². The Kier molecular flexibility index (Phi) is 6.76. The normalized spacial score (nSPS) is 20.0. The Labute approximate surface area is 237 Å². The van der Waals surface area contributed by atoms with Crippen LogP contribution in [0.1, 0.15) is 42.2 Å². The molecule has 3 N–H and O–H groups in total. The molecule has 0 spiro atoms. The van der Waals surface area contributed by atoms with E-state index < -0.39 is 12.2 Å². The largest absolute Gasteiger partial charge is 0.507 e. The number of hydrogen-bond acceptors (Lipinski definition) is 9. The van der Waals surface area contributed by atoms with E-state index in [1.54, 1.807) is 40.4 Å². The van der Waals surface area contributed by atoms with E-state index in [9.17, 15) is 15.3 Å². The maximum absolute atomic E-state index is 11.7. The fourth-order valence-electron chi connectivity index (χ4n) is 6.32. The Bertz CT molecular complexity index is 1690. The maximum Gasteiger partial charge on any atom is 0.134 e. The summed E-state index contributed by atoms with van der Waals surface area (Å²) < 4.78 is 34.7. The molecule has 0 bridgehead atoms. The Morgan fingerprint density at radius 2 is 1.22 bits per heavy atom. The van der Waals surface area contributed by atoms with Gasteiger partial charge < -0.3 is 43.7 Å². The van der Waals surface area contributed by atoms with Crippen molar-refractivity contribution in [3.63, 3.8) is 0 Å². The van der Waals surface area contributed by atoms with Gasteiger partial charge in [0.25, 0.3) is 0 Å². The van der Waals surface area contributed by atoms with Gasteiger partial charge in [-0.25, -0.2) is 0 Å². The zero-order valence-corrected chi connectivity index (χ0v) is 24.0. The summed E-state index contributed by atoms with van der Waals surface area (Å²) in [5.41, 5.74) is 4.04. The van der Waals surface area contributed by atoms with Gasteiger partial charge >= 0.3 is 0 Å². The average Bonchev–Trinajstić information content (AvgIpc) is 2.98. The molecule has 4 aromatic rings. The number of aliphatic hydroxyl groups is 1. The molecule has 9 heteroatoms. The second kappa shape index (κ2) is 10.2. The molecule has 2 heterocycles. The number of fused-ring (bicyclic) bond motifs is 4. The van der Waals surface area contributed by atoms with Crippen molar-refractivity contribution in [2.45, 2.75) is 51.8 Å². The van der Waals surface area contributed by atoms with Crippen molar-refractivity contribution in [3.8, 4) is 45.6 Å². The molecule has 41 heavy (non-hydrogen) atoms. The van der Waals surface area contributed by atoms with E-state index >= 15 is 0 Å². The summed E-state index contributed by atoms with van der Waals surface area (Å²) in [5, 5.41) is 37.2. The van der Waals surface area contributed by atoms with Gasteiger partial charge in [-0.2, -0.15) is 0 Å². The third-order valence-corrected chi connectivity index (χ3v) is 8.39. The van der Waals surface area contributed by atoms with Crippen molar-refractivity contribution in [2.75, 3.05) is 28.4 Å². The number of ether oxygens (including phenoxy) is 6. The SMILES string of the molecule is COc1cc(OC)c2c(O)c3c(c(-c4c5c(c(O)c6c(OC)cc(OC)cc46)CO[C@H](C)[C@@H]5O)c2c1)C[C@@H](C)OC3. The van der Waals surface area contributed by atoms with Crippen LogP contribution in [0.3, 0.4) is 0 Å². The number of methoxy groups -OCH3 is 4. The number of phenols is 2. The molecule has 2 aliphatic heterocycles. The minimum absolute atomic E-state index is 0.0204. The lowest BCUT2D eigenvalue weighted by molar-refractivity contribution is -0.0527. The minimum Gasteiger partial charge on any atom is -0.507 e. The molecule has 4 aromatic carbocycles. The highest BCUT2D eigenvalue weighted by atomic mass is 16.5. The van der Waals surface area contributed by atoms with Crippen LogP contribution in [0.2, 0.25) is 0 Å². The maximum atomic E-state index is 11.7. The number of aliphatic hydroxyl groups excluding tert-OH is 1. The summed E-state index contributed by atoms with van der Waals surface area (Å²) in [6.45, 7) is 4.09. The van der Waals surface area contributed by atoms with Crippen molar-refractivity contribution in [1.29, 1.82) is 0 Å². The molecule has 0 fully saturated rings. The van der Waals surface area contributed by atoms with E-state index in [4.69, 9.17) is 28.4 Å². The summed E-state index contributed by atoms with van der Waals surface area (Å²) in [7, 11) is 6.22. The van der Waals surface area contributed by atoms with Crippen LogP contribution in [0.25, 0.3) is 32.7 Å². The number of hydrogen-bond donors (Lipinski definition) is 3. The third-order valence-electron chi connectivity index (χ3n) is 8.39. The predicted molar refractivity (Wildman–Crippen MR) is 154 cm³/mol. The predicted octanol–water partition coefficient (Wildman–Crippen LogP) is 5.52. The van der Waals surface area contributed by atoms with Gasteiger partial charge in [0, 0.05) is 39.6 Å². The molecular formula is C32H34O9. The van der Waals surface area contributed by atoms with Crippen LogP contribution in [0.5, 0.6) is 34.5 Å². The van der Waals surface area contributed by atoms with Crippen molar-refractivity contribution >= 4 is 21.5 Å². The van der Waals surface area contributed by atoms with E-state index in [1.807, 2.05) is 19.1 Å². The first-order valence-corrected chi connectivity index (χ1v) is 13.5. The van der Waals surface area contributed by atoms with Gasteiger partial charge in [-0.1, -0.05) is 0 Å². The molecule has 0 radical (unpaired) electrons. The highest BCUT2D eigenvalue weighted by Crippen LogP contribution is 2.55. The number of aromatic hydroxyl groups is 2. The van der Waals surface area contributed by atoms with Gasteiger partial charge in [0.1, 0.15) is 40.6 Å². The van der Waals surface area contributed by atoms with Crippen molar-refractivity contribution in [3.05, 3.63) is 46.5 Å². The van der Waals surface area contributed by atoms with E-state index in [2.05, 4.69) is 0 Å². The Hall–Kier alpha value is -3.92. The molecule has 6 rings (SSSR count). The molecule has 0 amide bonds. The van der Waals surface area contributed by atoms with Crippen molar-refractivity contribution in [2.24, 2.45) is 0 Å². The quantitative estimate of drug-likeness (QED) is 0.289. The zero-order valence-electron chi connectivity index (χ0n) is 24.0. The van der Waals surface area contributed by atoms with Crippen LogP contribution < -0.4 is 18.9 Å². The lowest BCUT2D eigenvalue weighted by Crippen LogP contribution is -2.27. The molecule has 216 valence electrons. The molecule has 3 atom stereocenters. The van der Waals surface area contributed by atoms with E-state index in [-0.39, 0.29) is 30.8 Å². The molecule has 0 saturated carbocycles. The van der Waals surface area contributed by atoms with Crippen LogP contribution in [-0.4, -0.2) is 56.0 Å². The molecule has 0 aromatic heterocycles. The highest BCUT2D eigenvalue weighted by molar-refractivity contribution is 6.15. The standard InChI is InChI=1S/C32H34O9/c1-14-7-18-21(12-40-14)31(34)26-19(8-16(36-3)10-23(26)38-5)25(18)28-20-9-17(37-4)11-24(39-6)27(20)32(35)22-13-41-15(2)30(33)29(22)28/h8-11,14-15,30,33-35H,7,12-13H2,1-6H3/t14-,15-,30+/m1/s1. The number of phenolic OH excluding ortho intramolecular Hbond substituents is 2. The third kappa shape index (κ3) is 4.02. The van der Waals surface area contributed by atoms with Gasteiger partial charge in [-0.3, -0.25) is 0 Å². The van der Waals surface area contributed by atoms with Gasteiger partial charge in [-0.05, 0) is 49.1 Å². The average molecular weight is 563 g/mol. The van der Waals surface area contributed by atoms with Crippen LogP contribution in [-0.2, 0) is 29.1 Å². The second-order valence-corrected chi connectivity index (χ2v) is 10.6. The molecule has 0 saturated heterocycles. The first-order chi connectivity index (χ1) is 19.7. The first kappa shape index (κ1) is 27.3. The highest BCUT2D eigenvalue weighted by Gasteiger charge is 2.37. The summed E-state index contributed by atoms with van der Waals surface area (Å²) in [6, 6.07) is 7.15. The molecular weight excluding hydrogens is 528 g/mol. The Morgan fingerprint density at radius 3 is 1.78 bits per heavy atom. The zero-order chi connectivity index (χ0) is 29.2. The fourth-order valence-corrected chi connectivity index (χ4v) is 6.32. The molecule has 0 unspecified atom stereocenters. The Balaban J connectivity index is 1.92. The minimum atomic E-state index is -1.05.